The number of rotatable bonds is 10. The Labute approximate surface area is 316 Å². The molecular weight excluding hydrogens is 688 g/mol. The zero-order valence-electron chi connectivity index (χ0n) is 32.5. The highest BCUT2D eigenvalue weighted by atomic mass is 16.5. The largest absolute Gasteiger partial charge is 0.453 e. The summed E-state index contributed by atoms with van der Waals surface area (Å²) in [5.41, 5.74) is 4.52. The number of fused-ring (bicyclic) bond motifs is 4. The molecule has 4 N–H and O–H groups in total. The van der Waals surface area contributed by atoms with Gasteiger partial charge in [-0.25, -0.2) is 19.6 Å². The van der Waals surface area contributed by atoms with Gasteiger partial charge in [0, 0.05) is 30.4 Å². The third kappa shape index (κ3) is 6.81. The number of nitrogens with one attached hydrogen (secondary N) is 4. The van der Waals surface area contributed by atoms with Gasteiger partial charge in [0.25, 0.3) is 0 Å². The first-order valence-electron chi connectivity index (χ1n) is 19.7. The molecule has 2 aromatic heterocycles. The molecule has 0 spiro atoms. The van der Waals surface area contributed by atoms with Crippen molar-refractivity contribution in [2.24, 2.45) is 11.8 Å². The minimum absolute atomic E-state index is 0.0354. The van der Waals surface area contributed by atoms with E-state index in [2.05, 4.69) is 38.8 Å². The molecule has 14 nitrogen and oxygen atoms in total. The van der Waals surface area contributed by atoms with E-state index in [0.29, 0.717) is 13.1 Å². The number of ether oxygens (including phenoxy) is 2. The van der Waals surface area contributed by atoms with E-state index in [1.54, 1.807) is 0 Å². The van der Waals surface area contributed by atoms with Crippen molar-refractivity contribution in [2.75, 3.05) is 27.3 Å². The molecule has 3 saturated carbocycles. The number of alkyl carbamates (subject to hydrolysis) is 2. The summed E-state index contributed by atoms with van der Waals surface area (Å²) in [5.74, 6) is 1.22. The minimum Gasteiger partial charge on any atom is -0.453 e. The lowest BCUT2D eigenvalue weighted by Gasteiger charge is -2.53. The monoisotopic (exact) mass is 744 g/mol. The molecule has 292 valence electrons. The predicted molar refractivity (Wildman–Crippen MR) is 201 cm³/mol. The van der Waals surface area contributed by atoms with Crippen LogP contribution in [0.5, 0.6) is 0 Å². The van der Waals surface area contributed by atoms with Gasteiger partial charge in [-0.1, -0.05) is 33.8 Å². The van der Waals surface area contributed by atoms with E-state index >= 15 is 0 Å². The first kappa shape index (κ1) is 37.7. The van der Waals surface area contributed by atoms with E-state index in [9.17, 15) is 19.2 Å². The molecule has 3 aliphatic carbocycles. The first-order chi connectivity index (χ1) is 25.9. The van der Waals surface area contributed by atoms with Crippen LogP contribution < -0.4 is 10.6 Å². The second kappa shape index (κ2) is 14.9. The number of carbonyl (C=O) groups excluding carboxylic acids is 4. The minimum atomic E-state index is -0.674. The molecule has 4 amide bonds. The Morgan fingerprint density at radius 1 is 0.759 bits per heavy atom. The summed E-state index contributed by atoms with van der Waals surface area (Å²) < 4.78 is 9.58. The van der Waals surface area contributed by atoms with Crippen LogP contribution in [0.2, 0.25) is 0 Å². The number of imidazole rings is 2. The maximum absolute atomic E-state index is 13.7. The molecule has 0 radical (unpaired) electrons. The van der Waals surface area contributed by atoms with E-state index in [0.717, 1.165) is 86.9 Å². The number of aromatic amines is 2. The van der Waals surface area contributed by atoms with Gasteiger partial charge in [-0.05, 0) is 99.2 Å². The molecular formula is C40H56N8O6. The predicted octanol–water partition coefficient (Wildman–Crippen LogP) is 5.92. The fourth-order valence-electron chi connectivity index (χ4n) is 9.70. The summed E-state index contributed by atoms with van der Waals surface area (Å²) >= 11 is 0. The Kier molecular flexibility index (Phi) is 10.4. The Morgan fingerprint density at radius 3 is 1.80 bits per heavy atom. The van der Waals surface area contributed by atoms with Crippen molar-refractivity contribution in [1.29, 1.82) is 0 Å². The average molecular weight is 745 g/mol. The molecule has 3 aromatic rings. The number of benzene rings is 1. The van der Waals surface area contributed by atoms with Crippen LogP contribution in [-0.2, 0) is 29.9 Å². The number of hydrogen-bond acceptors (Lipinski definition) is 8. The maximum atomic E-state index is 13.7. The number of amides is 4. The van der Waals surface area contributed by atoms with Gasteiger partial charge in [0.1, 0.15) is 23.7 Å². The number of H-pyrrole nitrogens is 2. The Bertz CT molecular complexity index is 1860. The fraction of sp³-hybridized carbons (Fsp3) is 0.650. The van der Waals surface area contributed by atoms with Gasteiger partial charge in [0.2, 0.25) is 11.8 Å². The molecule has 2 bridgehead atoms. The average Bonchev–Trinajstić information content (AvgIpc) is 4.01. The number of likely N-dealkylation sites (tertiary alicyclic amines) is 2. The van der Waals surface area contributed by atoms with Gasteiger partial charge in [-0.2, -0.15) is 0 Å². The fourth-order valence-corrected chi connectivity index (χ4v) is 9.70. The van der Waals surface area contributed by atoms with Crippen LogP contribution in [0.15, 0.2) is 24.4 Å². The van der Waals surface area contributed by atoms with E-state index in [4.69, 9.17) is 19.4 Å². The van der Waals surface area contributed by atoms with Crippen molar-refractivity contribution >= 4 is 35.0 Å². The van der Waals surface area contributed by atoms with Crippen LogP contribution in [0, 0.1) is 11.8 Å². The zero-order valence-corrected chi connectivity index (χ0v) is 32.5. The number of methoxy groups -OCH3 is 2. The molecule has 2 aliphatic heterocycles. The van der Waals surface area contributed by atoms with Crippen LogP contribution in [-0.4, -0.2) is 93.1 Å². The van der Waals surface area contributed by atoms with Crippen molar-refractivity contribution < 1.29 is 28.7 Å². The standard InChI is InChI=1S/C40H56N8O6/c1-23(2)31(45-37(51)53-5)35(49)47-19-7-9-28(47)33-41-22-30(44-33)40-16-13-39(14-17-40,15-18-40)25-11-12-26-27(21-25)43-34(42-26)29-10-8-20-48(29)36(50)32(24(3)4)46-38(52)54-6/h11-12,21-24,28-29,31-32H,7-10,13-20H2,1-6H3,(H,41,44)(H,42,43)(H,45,51)(H,46,52)/t28-,29-,31-,32-,39?,40?/m0/s1. The Morgan fingerprint density at radius 2 is 1.28 bits per heavy atom. The van der Waals surface area contributed by atoms with Crippen LogP contribution in [0.3, 0.4) is 0 Å². The highest BCUT2D eigenvalue weighted by molar-refractivity contribution is 5.87. The Balaban J connectivity index is 1.04. The molecule has 14 heteroatoms. The smallest absolute Gasteiger partial charge is 0.407 e. The van der Waals surface area contributed by atoms with Crippen LogP contribution >= 0.6 is 0 Å². The van der Waals surface area contributed by atoms with Gasteiger partial charge in [-0.3, -0.25) is 9.59 Å². The molecule has 5 fully saturated rings. The maximum Gasteiger partial charge on any atom is 0.407 e. The summed E-state index contributed by atoms with van der Waals surface area (Å²) in [6, 6.07) is 4.98. The molecule has 4 heterocycles. The van der Waals surface area contributed by atoms with Gasteiger partial charge >= 0.3 is 12.2 Å². The van der Waals surface area contributed by atoms with E-state index in [1.165, 1.54) is 25.5 Å². The number of nitrogens with zero attached hydrogens (tertiary/aromatic N) is 4. The summed E-state index contributed by atoms with van der Waals surface area (Å²) in [6.45, 7) is 8.94. The van der Waals surface area contributed by atoms with E-state index in [1.807, 2.05) is 43.7 Å². The van der Waals surface area contributed by atoms with Gasteiger partial charge < -0.3 is 39.9 Å². The second-order valence-corrected chi connectivity index (χ2v) is 16.7. The van der Waals surface area contributed by atoms with Crippen LogP contribution in [0.1, 0.15) is 127 Å². The third-order valence-corrected chi connectivity index (χ3v) is 13.0. The topological polar surface area (TPSA) is 175 Å². The zero-order chi connectivity index (χ0) is 38.4. The van der Waals surface area contributed by atoms with Gasteiger partial charge in [0.05, 0.1) is 37.3 Å². The van der Waals surface area contributed by atoms with Crippen LogP contribution in [0.4, 0.5) is 9.59 Å². The van der Waals surface area contributed by atoms with Crippen molar-refractivity contribution in [1.82, 2.24) is 40.4 Å². The summed E-state index contributed by atoms with van der Waals surface area (Å²) in [4.78, 5) is 72.3. The lowest BCUT2D eigenvalue weighted by Crippen LogP contribution is -2.51. The second-order valence-electron chi connectivity index (χ2n) is 16.7. The number of carbonyl (C=O) groups is 4. The van der Waals surface area contributed by atoms with Crippen molar-refractivity contribution in [3.8, 4) is 0 Å². The molecule has 0 unspecified atom stereocenters. The van der Waals surface area contributed by atoms with Gasteiger partial charge in [0.15, 0.2) is 0 Å². The molecule has 8 rings (SSSR count). The SMILES string of the molecule is COC(=O)N[C@H](C(=O)N1CCC[C@H]1c1ncc(C23CCC(c4ccc5nc([C@@H]6CCCN6C(=O)[C@@H](NC(=O)OC)C(C)C)[nH]c5c4)(CC2)CC3)[nH]1)C(C)C. The van der Waals surface area contributed by atoms with E-state index in [-0.39, 0.29) is 46.6 Å². The molecule has 4 atom stereocenters. The normalized spacial score (nSPS) is 26.4. The third-order valence-electron chi connectivity index (χ3n) is 13.0. The van der Waals surface area contributed by atoms with E-state index < -0.39 is 24.3 Å². The van der Waals surface area contributed by atoms with Gasteiger partial charge in [-0.15, -0.1) is 0 Å². The number of aromatic nitrogens is 4. The van der Waals surface area contributed by atoms with Crippen LogP contribution in [0.25, 0.3) is 11.0 Å². The quantitative estimate of drug-likeness (QED) is 0.198. The highest BCUT2D eigenvalue weighted by Crippen LogP contribution is 2.58. The molecule has 1 aromatic carbocycles. The Hall–Kier alpha value is -4.62. The molecule has 54 heavy (non-hydrogen) atoms. The van der Waals surface area contributed by atoms with Crippen molar-refractivity contribution in [3.05, 3.63) is 47.3 Å². The molecule has 5 aliphatic rings. The summed E-state index contributed by atoms with van der Waals surface area (Å²) in [6.07, 6.45) is 10.6. The molecule has 2 saturated heterocycles. The van der Waals surface area contributed by atoms with Crippen molar-refractivity contribution in [3.63, 3.8) is 0 Å². The summed E-state index contributed by atoms with van der Waals surface area (Å²) in [7, 11) is 2.61. The summed E-state index contributed by atoms with van der Waals surface area (Å²) in [5, 5.41) is 5.46. The lowest BCUT2D eigenvalue weighted by molar-refractivity contribution is -0.136. The number of hydrogen-bond donors (Lipinski definition) is 4. The first-order valence-corrected chi connectivity index (χ1v) is 19.7. The van der Waals surface area contributed by atoms with Crippen molar-refractivity contribution in [2.45, 2.75) is 127 Å². The highest BCUT2D eigenvalue weighted by Gasteiger charge is 2.51. The lowest BCUT2D eigenvalue weighted by atomic mass is 9.51.